The standard InChI is InChI=1S/C12H15Cl2N3O2/c1-7(16-6-11(18)15-2)12(19)17-10-5-8(13)3-4-9(10)14/h3-5,7,16H,6H2,1-2H3,(H,15,18)(H,17,19)/t7-/m0/s1. The van der Waals surface area contributed by atoms with E-state index in [1.54, 1.807) is 25.1 Å². The van der Waals surface area contributed by atoms with Crippen molar-refractivity contribution < 1.29 is 9.59 Å². The number of hydrogen-bond donors (Lipinski definition) is 3. The summed E-state index contributed by atoms with van der Waals surface area (Å²) in [4.78, 5) is 22.9. The van der Waals surface area contributed by atoms with Gasteiger partial charge in [-0.3, -0.25) is 14.9 Å². The molecule has 1 atom stereocenters. The van der Waals surface area contributed by atoms with E-state index in [1.807, 2.05) is 0 Å². The van der Waals surface area contributed by atoms with E-state index in [1.165, 1.54) is 7.05 Å². The molecule has 104 valence electrons. The van der Waals surface area contributed by atoms with E-state index < -0.39 is 6.04 Å². The summed E-state index contributed by atoms with van der Waals surface area (Å²) in [6.07, 6.45) is 0. The van der Waals surface area contributed by atoms with Crippen molar-refractivity contribution in [2.45, 2.75) is 13.0 Å². The van der Waals surface area contributed by atoms with Crippen molar-refractivity contribution >= 4 is 40.7 Å². The number of anilines is 1. The first-order chi connectivity index (χ1) is 8.93. The number of likely N-dealkylation sites (N-methyl/N-ethyl adjacent to an activating group) is 1. The SMILES string of the molecule is CNC(=O)CN[C@@H](C)C(=O)Nc1cc(Cl)ccc1Cl. The Balaban J connectivity index is 2.58. The first-order valence-electron chi connectivity index (χ1n) is 5.64. The third-order valence-electron chi connectivity index (χ3n) is 2.43. The zero-order valence-electron chi connectivity index (χ0n) is 10.6. The molecule has 1 rings (SSSR count). The zero-order valence-corrected chi connectivity index (χ0v) is 12.1. The maximum Gasteiger partial charge on any atom is 0.241 e. The van der Waals surface area contributed by atoms with Crippen molar-refractivity contribution in [1.82, 2.24) is 10.6 Å². The summed E-state index contributed by atoms with van der Waals surface area (Å²) < 4.78 is 0. The molecule has 0 radical (unpaired) electrons. The van der Waals surface area contributed by atoms with Crippen LogP contribution in [0.1, 0.15) is 6.92 Å². The van der Waals surface area contributed by atoms with E-state index in [9.17, 15) is 9.59 Å². The highest BCUT2D eigenvalue weighted by molar-refractivity contribution is 6.35. The number of amides is 2. The molecule has 0 heterocycles. The molecule has 0 aliphatic carbocycles. The van der Waals surface area contributed by atoms with Crippen molar-refractivity contribution in [2.75, 3.05) is 18.9 Å². The Morgan fingerprint density at radius 2 is 2.00 bits per heavy atom. The fraction of sp³-hybridized carbons (Fsp3) is 0.333. The summed E-state index contributed by atoms with van der Waals surface area (Å²) >= 11 is 11.8. The smallest absolute Gasteiger partial charge is 0.241 e. The summed E-state index contributed by atoms with van der Waals surface area (Å²) in [7, 11) is 1.53. The first-order valence-corrected chi connectivity index (χ1v) is 6.39. The number of hydrogen-bond acceptors (Lipinski definition) is 3. The minimum absolute atomic E-state index is 0.0639. The lowest BCUT2D eigenvalue weighted by molar-refractivity contribution is -0.120. The van der Waals surface area contributed by atoms with E-state index in [0.29, 0.717) is 15.7 Å². The van der Waals surface area contributed by atoms with Gasteiger partial charge in [-0.05, 0) is 25.1 Å². The molecule has 0 saturated carbocycles. The molecule has 0 aromatic heterocycles. The van der Waals surface area contributed by atoms with Crippen molar-refractivity contribution in [3.63, 3.8) is 0 Å². The average Bonchev–Trinajstić information content (AvgIpc) is 2.39. The molecule has 0 fully saturated rings. The molecule has 0 aliphatic heterocycles. The Kier molecular flexibility index (Phi) is 6.08. The van der Waals surface area contributed by atoms with Crippen LogP contribution in [0.25, 0.3) is 0 Å². The van der Waals surface area contributed by atoms with Crippen molar-refractivity contribution in [3.8, 4) is 0 Å². The molecule has 5 nitrogen and oxygen atoms in total. The van der Waals surface area contributed by atoms with Gasteiger partial charge in [0.15, 0.2) is 0 Å². The molecular weight excluding hydrogens is 289 g/mol. The topological polar surface area (TPSA) is 70.2 Å². The maximum atomic E-state index is 11.9. The van der Waals surface area contributed by atoms with Crippen LogP contribution in [0.15, 0.2) is 18.2 Å². The van der Waals surface area contributed by atoms with Gasteiger partial charge in [-0.25, -0.2) is 0 Å². The van der Waals surface area contributed by atoms with Gasteiger partial charge in [0.2, 0.25) is 11.8 Å². The first kappa shape index (κ1) is 15.8. The number of halogens is 2. The highest BCUT2D eigenvalue weighted by atomic mass is 35.5. The Morgan fingerprint density at radius 3 is 2.63 bits per heavy atom. The average molecular weight is 304 g/mol. The molecule has 19 heavy (non-hydrogen) atoms. The van der Waals surface area contributed by atoms with Gasteiger partial charge < -0.3 is 10.6 Å². The van der Waals surface area contributed by atoms with Gasteiger partial charge in [0.25, 0.3) is 0 Å². The van der Waals surface area contributed by atoms with Gasteiger partial charge in [-0.1, -0.05) is 23.2 Å². The third-order valence-corrected chi connectivity index (χ3v) is 2.99. The largest absolute Gasteiger partial charge is 0.358 e. The van der Waals surface area contributed by atoms with Crippen LogP contribution in [0.3, 0.4) is 0 Å². The van der Waals surface area contributed by atoms with E-state index >= 15 is 0 Å². The van der Waals surface area contributed by atoms with Gasteiger partial charge in [-0.2, -0.15) is 0 Å². The van der Waals surface area contributed by atoms with E-state index in [0.717, 1.165) is 0 Å². The third kappa shape index (κ3) is 5.06. The summed E-state index contributed by atoms with van der Waals surface area (Å²) in [5, 5.41) is 8.76. The van der Waals surface area contributed by atoms with E-state index in [4.69, 9.17) is 23.2 Å². The molecule has 7 heteroatoms. The summed E-state index contributed by atoms with van der Waals surface area (Å²) in [6, 6.07) is 4.26. The molecule has 2 amide bonds. The fourth-order valence-corrected chi connectivity index (χ4v) is 1.60. The molecule has 3 N–H and O–H groups in total. The Labute approximate surface area is 121 Å². The number of carbonyl (C=O) groups excluding carboxylic acids is 2. The number of benzene rings is 1. The zero-order chi connectivity index (χ0) is 14.4. The van der Waals surface area contributed by atoms with Crippen molar-refractivity contribution in [1.29, 1.82) is 0 Å². The molecule has 0 saturated heterocycles. The Bertz CT molecular complexity index is 480. The molecule has 0 bridgehead atoms. The second-order valence-electron chi connectivity index (χ2n) is 3.89. The van der Waals surface area contributed by atoms with Crippen LogP contribution in [0, 0.1) is 0 Å². The summed E-state index contributed by atoms with van der Waals surface area (Å²) in [6.45, 7) is 1.71. The van der Waals surface area contributed by atoms with Gasteiger partial charge >= 0.3 is 0 Å². The Hall–Kier alpha value is -1.30. The van der Waals surface area contributed by atoms with Crippen LogP contribution in [-0.4, -0.2) is 31.4 Å². The minimum atomic E-state index is -0.535. The number of nitrogens with one attached hydrogen (secondary N) is 3. The summed E-state index contributed by atoms with van der Waals surface area (Å²) in [5.74, 6) is -0.492. The second-order valence-corrected chi connectivity index (χ2v) is 4.73. The lowest BCUT2D eigenvalue weighted by Gasteiger charge is -2.14. The minimum Gasteiger partial charge on any atom is -0.358 e. The highest BCUT2D eigenvalue weighted by Crippen LogP contribution is 2.25. The molecule has 0 spiro atoms. The second kappa shape index (κ2) is 7.33. The molecule has 0 aliphatic rings. The number of carbonyl (C=O) groups is 2. The highest BCUT2D eigenvalue weighted by Gasteiger charge is 2.14. The Morgan fingerprint density at radius 1 is 1.32 bits per heavy atom. The lowest BCUT2D eigenvalue weighted by Crippen LogP contribution is -2.42. The van der Waals surface area contributed by atoms with Crippen LogP contribution in [0.4, 0.5) is 5.69 Å². The van der Waals surface area contributed by atoms with E-state index in [-0.39, 0.29) is 18.4 Å². The van der Waals surface area contributed by atoms with Crippen molar-refractivity contribution in [2.24, 2.45) is 0 Å². The fourth-order valence-electron chi connectivity index (χ4n) is 1.26. The molecule has 1 aromatic rings. The predicted molar refractivity (Wildman–Crippen MR) is 76.6 cm³/mol. The van der Waals surface area contributed by atoms with Gasteiger partial charge in [0.1, 0.15) is 0 Å². The quantitative estimate of drug-likeness (QED) is 0.775. The monoisotopic (exact) mass is 303 g/mol. The van der Waals surface area contributed by atoms with Crippen LogP contribution < -0.4 is 16.0 Å². The van der Waals surface area contributed by atoms with Crippen LogP contribution in [0.5, 0.6) is 0 Å². The number of rotatable bonds is 5. The molecule has 1 aromatic carbocycles. The van der Waals surface area contributed by atoms with Crippen molar-refractivity contribution in [3.05, 3.63) is 28.2 Å². The van der Waals surface area contributed by atoms with Crippen LogP contribution in [-0.2, 0) is 9.59 Å². The van der Waals surface area contributed by atoms with Crippen LogP contribution in [0.2, 0.25) is 10.0 Å². The predicted octanol–water partition coefficient (Wildman–Crippen LogP) is 1.66. The lowest BCUT2D eigenvalue weighted by atomic mass is 10.2. The van der Waals surface area contributed by atoms with Crippen LogP contribution >= 0.6 is 23.2 Å². The summed E-state index contributed by atoms with van der Waals surface area (Å²) in [5.41, 5.74) is 0.438. The normalized spacial score (nSPS) is 11.8. The van der Waals surface area contributed by atoms with Gasteiger partial charge in [-0.15, -0.1) is 0 Å². The molecule has 0 unspecified atom stereocenters. The van der Waals surface area contributed by atoms with E-state index in [2.05, 4.69) is 16.0 Å². The van der Waals surface area contributed by atoms with Gasteiger partial charge in [0, 0.05) is 12.1 Å². The molecular formula is C12H15Cl2N3O2. The van der Waals surface area contributed by atoms with Gasteiger partial charge in [0.05, 0.1) is 23.3 Å². The maximum absolute atomic E-state index is 11.9.